The molecule has 23 heavy (non-hydrogen) atoms. The summed E-state index contributed by atoms with van der Waals surface area (Å²) in [5, 5.41) is 17.9. The van der Waals surface area contributed by atoms with Crippen molar-refractivity contribution in [3.8, 4) is 23.4 Å². The maximum Gasteiger partial charge on any atom is 0.417 e. The van der Waals surface area contributed by atoms with Crippen LogP contribution in [-0.2, 0) is 19.3 Å². The van der Waals surface area contributed by atoms with Crippen LogP contribution in [0.5, 0.6) is 0 Å². The van der Waals surface area contributed by atoms with Crippen molar-refractivity contribution in [3.05, 3.63) is 58.7 Å². The highest BCUT2D eigenvalue weighted by atomic mass is 19.4. The number of nitriles is 2. The van der Waals surface area contributed by atoms with Crippen LogP contribution in [-0.4, -0.2) is 4.90 Å². The standard InChI is InChI=1S/C17H10F3N3/c18-17(19,20)16-6-11(7-21)4-5-14(16)13-3-1-2-12-8-23(10-22)9-15(12)13/h1-6H,8-9H2. The minimum absolute atomic E-state index is 0.0349. The van der Waals surface area contributed by atoms with Crippen molar-refractivity contribution in [1.29, 1.82) is 10.5 Å². The minimum Gasteiger partial charge on any atom is -0.302 e. The maximum atomic E-state index is 13.4. The number of alkyl halides is 3. The molecule has 0 N–H and O–H groups in total. The van der Waals surface area contributed by atoms with Crippen molar-refractivity contribution in [1.82, 2.24) is 4.90 Å². The Morgan fingerprint density at radius 2 is 1.78 bits per heavy atom. The Labute approximate surface area is 130 Å². The molecule has 0 bridgehead atoms. The molecule has 3 nitrogen and oxygen atoms in total. The Balaban J connectivity index is 2.21. The molecule has 0 radical (unpaired) electrons. The molecule has 114 valence electrons. The normalized spacial score (nSPS) is 13.3. The Morgan fingerprint density at radius 1 is 1.00 bits per heavy atom. The average molecular weight is 313 g/mol. The minimum atomic E-state index is -4.56. The first kappa shape index (κ1) is 14.9. The summed E-state index contributed by atoms with van der Waals surface area (Å²) in [6.45, 7) is 0.691. The average Bonchev–Trinajstić information content (AvgIpc) is 2.96. The fraction of sp³-hybridized carbons (Fsp3) is 0.176. The lowest BCUT2D eigenvalue weighted by atomic mass is 9.92. The molecule has 6 heteroatoms. The van der Waals surface area contributed by atoms with Gasteiger partial charge in [0.1, 0.15) is 0 Å². The molecule has 0 spiro atoms. The number of fused-ring (bicyclic) bond motifs is 1. The molecule has 0 saturated carbocycles. The van der Waals surface area contributed by atoms with Crippen molar-refractivity contribution in [2.24, 2.45) is 0 Å². The number of rotatable bonds is 1. The molecule has 0 unspecified atom stereocenters. The fourth-order valence-corrected chi connectivity index (χ4v) is 2.83. The molecule has 3 rings (SSSR count). The summed E-state index contributed by atoms with van der Waals surface area (Å²) >= 11 is 0. The van der Waals surface area contributed by atoms with Gasteiger partial charge in [-0.05, 0) is 34.4 Å². The van der Waals surface area contributed by atoms with E-state index in [1.807, 2.05) is 12.3 Å². The zero-order valence-electron chi connectivity index (χ0n) is 11.9. The van der Waals surface area contributed by atoms with E-state index in [9.17, 15) is 13.2 Å². The lowest BCUT2D eigenvalue weighted by molar-refractivity contribution is -0.137. The molecule has 0 aliphatic carbocycles. The molecule has 0 saturated heterocycles. The van der Waals surface area contributed by atoms with E-state index in [4.69, 9.17) is 10.5 Å². The Hall–Kier alpha value is -2.99. The number of hydrogen-bond donors (Lipinski definition) is 0. The molecule has 0 fully saturated rings. The third-order valence-corrected chi connectivity index (χ3v) is 3.87. The third kappa shape index (κ3) is 2.60. The highest BCUT2D eigenvalue weighted by Gasteiger charge is 2.35. The summed E-state index contributed by atoms with van der Waals surface area (Å²) in [5.41, 5.74) is 1.20. The molecule has 1 aliphatic heterocycles. The number of halogens is 3. The van der Waals surface area contributed by atoms with Gasteiger partial charge in [-0.15, -0.1) is 0 Å². The van der Waals surface area contributed by atoms with Crippen LogP contribution in [0.2, 0.25) is 0 Å². The lowest BCUT2D eigenvalue weighted by Crippen LogP contribution is -2.09. The second-order valence-corrected chi connectivity index (χ2v) is 5.27. The smallest absolute Gasteiger partial charge is 0.302 e. The predicted molar refractivity (Wildman–Crippen MR) is 76.5 cm³/mol. The Bertz CT molecular complexity index is 857. The van der Waals surface area contributed by atoms with Gasteiger partial charge in [-0.3, -0.25) is 0 Å². The van der Waals surface area contributed by atoms with Crippen molar-refractivity contribution < 1.29 is 13.2 Å². The van der Waals surface area contributed by atoms with E-state index >= 15 is 0 Å². The molecule has 0 amide bonds. The molecule has 0 atom stereocenters. The van der Waals surface area contributed by atoms with Gasteiger partial charge in [0, 0.05) is 0 Å². The topological polar surface area (TPSA) is 50.8 Å². The van der Waals surface area contributed by atoms with Crippen LogP contribution in [0.15, 0.2) is 36.4 Å². The largest absolute Gasteiger partial charge is 0.417 e. The summed E-state index contributed by atoms with van der Waals surface area (Å²) in [6, 6.07) is 10.4. The van der Waals surface area contributed by atoms with Crippen LogP contribution in [0, 0.1) is 22.8 Å². The second-order valence-electron chi connectivity index (χ2n) is 5.27. The Kier molecular flexibility index (Phi) is 3.46. The van der Waals surface area contributed by atoms with Gasteiger partial charge in [-0.1, -0.05) is 24.3 Å². The quantitative estimate of drug-likeness (QED) is 0.747. The molecular weight excluding hydrogens is 303 g/mol. The Morgan fingerprint density at radius 3 is 2.43 bits per heavy atom. The first-order valence-corrected chi connectivity index (χ1v) is 6.81. The van der Waals surface area contributed by atoms with Crippen molar-refractivity contribution >= 4 is 0 Å². The van der Waals surface area contributed by atoms with E-state index in [0.29, 0.717) is 18.7 Å². The third-order valence-electron chi connectivity index (χ3n) is 3.87. The van der Waals surface area contributed by atoms with Gasteiger partial charge < -0.3 is 4.90 Å². The van der Waals surface area contributed by atoms with Gasteiger partial charge >= 0.3 is 6.18 Å². The zero-order valence-corrected chi connectivity index (χ0v) is 11.9. The molecule has 1 aliphatic rings. The van der Waals surface area contributed by atoms with Crippen LogP contribution in [0.25, 0.3) is 11.1 Å². The molecule has 0 aromatic heterocycles. The van der Waals surface area contributed by atoms with Gasteiger partial charge in [0.2, 0.25) is 0 Å². The molecule has 1 heterocycles. The van der Waals surface area contributed by atoms with Gasteiger partial charge in [0.05, 0.1) is 30.3 Å². The summed E-state index contributed by atoms with van der Waals surface area (Å²) in [4.78, 5) is 1.49. The van der Waals surface area contributed by atoms with Crippen LogP contribution >= 0.6 is 0 Å². The fourth-order valence-electron chi connectivity index (χ4n) is 2.83. The van der Waals surface area contributed by atoms with Crippen LogP contribution in [0.4, 0.5) is 13.2 Å². The van der Waals surface area contributed by atoms with E-state index in [1.54, 1.807) is 18.2 Å². The lowest BCUT2D eigenvalue weighted by Gasteiger charge is -2.16. The zero-order chi connectivity index (χ0) is 16.6. The monoisotopic (exact) mass is 313 g/mol. The highest BCUT2D eigenvalue weighted by Crippen LogP contribution is 2.40. The summed E-state index contributed by atoms with van der Waals surface area (Å²) < 4.78 is 40.1. The summed E-state index contributed by atoms with van der Waals surface area (Å²) in [6.07, 6.45) is -2.54. The van der Waals surface area contributed by atoms with E-state index in [-0.39, 0.29) is 11.1 Å². The molecular formula is C17H10F3N3. The molecule has 2 aromatic rings. The molecule has 2 aromatic carbocycles. The summed E-state index contributed by atoms with van der Waals surface area (Å²) in [7, 11) is 0. The number of nitrogens with zero attached hydrogens (tertiary/aromatic N) is 3. The first-order valence-electron chi connectivity index (χ1n) is 6.81. The van der Waals surface area contributed by atoms with E-state index in [2.05, 4.69) is 0 Å². The van der Waals surface area contributed by atoms with Gasteiger partial charge in [0.25, 0.3) is 0 Å². The van der Waals surface area contributed by atoms with Crippen LogP contribution in [0.1, 0.15) is 22.3 Å². The van der Waals surface area contributed by atoms with Gasteiger partial charge in [0.15, 0.2) is 6.19 Å². The predicted octanol–water partition coefficient (Wildman–Crippen LogP) is 4.04. The van der Waals surface area contributed by atoms with E-state index < -0.39 is 11.7 Å². The highest BCUT2D eigenvalue weighted by molar-refractivity contribution is 5.74. The van der Waals surface area contributed by atoms with E-state index in [0.717, 1.165) is 17.2 Å². The van der Waals surface area contributed by atoms with Crippen LogP contribution < -0.4 is 0 Å². The maximum absolute atomic E-state index is 13.4. The van der Waals surface area contributed by atoms with Gasteiger partial charge in [-0.2, -0.15) is 23.7 Å². The van der Waals surface area contributed by atoms with Gasteiger partial charge in [-0.25, -0.2) is 0 Å². The van der Waals surface area contributed by atoms with Crippen LogP contribution in [0.3, 0.4) is 0 Å². The van der Waals surface area contributed by atoms with E-state index in [1.165, 1.54) is 17.0 Å². The first-order chi connectivity index (χ1) is 10.9. The number of hydrogen-bond acceptors (Lipinski definition) is 3. The van der Waals surface area contributed by atoms with Crippen molar-refractivity contribution in [2.75, 3.05) is 0 Å². The number of benzene rings is 2. The summed E-state index contributed by atoms with van der Waals surface area (Å²) in [5.74, 6) is 0. The van der Waals surface area contributed by atoms with Crippen molar-refractivity contribution in [2.45, 2.75) is 19.3 Å². The van der Waals surface area contributed by atoms with Crippen molar-refractivity contribution in [3.63, 3.8) is 0 Å². The SMILES string of the molecule is N#Cc1ccc(-c2cccc3c2CN(C#N)C3)c(C(F)(F)F)c1. The second kappa shape index (κ2) is 5.33.